The molecule has 0 atom stereocenters. The molecule has 1 aliphatic carbocycles. The number of halogens is 4. The number of carbonyl (C=O) groups is 1. The summed E-state index contributed by atoms with van der Waals surface area (Å²) in [5.41, 5.74) is 0. The Morgan fingerprint density at radius 2 is 2.00 bits per heavy atom. The molecule has 0 spiro atoms. The fourth-order valence-electron chi connectivity index (χ4n) is 1.71. The molecular formula is C10H15BrF3NO. The summed E-state index contributed by atoms with van der Waals surface area (Å²) in [4.78, 5) is 12.9. The maximum atomic E-state index is 12.1. The van der Waals surface area contributed by atoms with Gasteiger partial charge in [-0.15, -0.1) is 0 Å². The fraction of sp³-hybridized carbons (Fsp3) is 0.900. The predicted octanol–water partition coefficient (Wildman–Crippen LogP) is 3.10. The van der Waals surface area contributed by atoms with E-state index in [1.165, 1.54) is 4.90 Å². The average Bonchev–Trinajstić information content (AvgIpc) is 2.05. The van der Waals surface area contributed by atoms with Crippen LogP contribution in [0.1, 0.15) is 32.1 Å². The van der Waals surface area contributed by atoms with E-state index in [9.17, 15) is 18.0 Å². The largest absolute Gasteiger partial charge is 0.397 e. The van der Waals surface area contributed by atoms with Gasteiger partial charge in [-0.05, 0) is 25.7 Å². The molecule has 1 aliphatic rings. The molecule has 0 aromatic heterocycles. The summed E-state index contributed by atoms with van der Waals surface area (Å²) in [6.45, 7) is 0.421. The minimum atomic E-state index is -4.40. The quantitative estimate of drug-likeness (QED) is 0.715. The van der Waals surface area contributed by atoms with Gasteiger partial charge in [0.05, 0.1) is 0 Å². The average molecular weight is 302 g/mol. The summed E-state index contributed by atoms with van der Waals surface area (Å²) in [7, 11) is 0. The van der Waals surface area contributed by atoms with Gasteiger partial charge in [0.25, 0.3) is 0 Å². The van der Waals surface area contributed by atoms with E-state index >= 15 is 0 Å². The van der Waals surface area contributed by atoms with Crippen LogP contribution in [0.5, 0.6) is 0 Å². The molecule has 0 radical (unpaired) electrons. The first-order valence-corrected chi connectivity index (χ1v) is 6.48. The maximum absolute atomic E-state index is 12.1. The van der Waals surface area contributed by atoms with Crippen molar-refractivity contribution in [1.29, 1.82) is 0 Å². The van der Waals surface area contributed by atoms with Crippen LogP contribution >= 0.6 is 15.9 Å². The van der Waals surface area contributed by atoms with Crippen LogP contribution in [-0.4, -0.2) is 34.9 Å². The lowest BCUT2D eigenvalue weighted by atomic mass is 9.91. The topological polar surface area (TPSA) is 20.3 Å². The first-order valence-electron chi connectivity index (χ1n) is 5.36. The molecule has 0 unspecified atom stereocenters. The highest BCUT2D eigenvalue weighted by molar-refractivity contribution is 9.09. The molecule has 0 saturated heterocycles. The van der Waals surface area contributed by atoms with Gasteiger partial charge in [-0.3, -0.25) is 4.79 Å². The summed E-state index contributed by atoms with van der Waals surface area (Å²) < 4.78 is 36.4. The molecule has 0 aliphatic heterocycles. The van der Waals surface area contributed by atoms with Gasteiger partial charge in [0.2, 0.25) is 5.91 Å². The van der Waals surface area contributed by atoms with Crippen molar-refractivity contribution in [3.63, 3.8) is 0 Å². The maximum Gasteiger partial charge on any atom is 0.397 e. The van der Waals surface area contributed by atoms with Crippen molar-refractivity contribution in [2.45, 2.75) is 44.3 Å². The molecular weight excluding hydrogens is 287 g/mol. The third-order valence-corrected chi connectivity index (χ3v) is 3.28. The molecule has 0 aromatic carbocycles. The van der Waals surface area contributed by atoms with Gasteiger partial charge in [-0.2, -0.15) is 13.2 Å². The van der Waals surface area contributed by atoms with Crippen molar-refractivity contribution in [1.82, 2.24) is 4.90 Å². The monoisotopic (exact) mass is 301 g/mol. The molecule has 94 valence electrons. The van der Waals surface area contributed by atoms with Crippen molar-refractivity contribution in [3.8, 4) is 0 Å². The number of alkyl halides is 4. The number of amides is 1. The Kier molecular flexibility index (Phi) is 5.08. The van der Waals surface area contributed by atoms with Gasteiger partial charge in [-0.25, -0.2) is 0 Å². The molecule has 1 fully saturated rings. The van der Waals surface area contributed by atoms with Crippen molar-refractivity contribution in [3.05, 3.63) is 0 Å². The van der Waals surface area contributed by atoms with Crippen LogP contribution in [0.25, 0.3) is 0 Å². The third kappa shape index (κ3) is 4.31. The van der Waals surface area contributed by atoms with E-state index in [2.05, 4.69) is 15.9 Å². The number of carbonyl (C=O) groups excluding carboxylic acids is 1. The van der Waals surface area contributed by atoms with Gasteiger partial charge >= 0.3 is 6.18 Å². The van der Waals surface area contributed by atoms with Gasteiger partial charge < -0.3 is 4.90 Å². The van der Waals surface area contributed by atoms with Crippen molar-refractivity contribution < 1.29 is 18.0 Å². The predicted molar refractivity (Wildman–Crippen MR) is 58.4 cm³/mol. The minimum Gasteiger partial charge on any atom is -0.339 e. The third-order valence-electron chi connectivity index (χ3n) is 2.72. The zero-order chi connectivity index (χ0) is 12.2. The van der Waals surface area contributed by atoms with Gasteiger partial charge in [-0.1, -0.05) is 15.9 Å². The lowest BCUT2D eigenvalue weighted by molar-refractivity contribution is -0.164. The second-order valence-corrected chi connectivity index (χ2v) is 4.80. The zero-order valence-electron chi connectivity index (χ0n) is 8.89. The summed E-state index contributed by atoms with van der Waals surface area (Å²) in [5, 5.41) is 0.704. The van der Waals surface area contributed by atoms with Crippen molar-refractivity contribution >= 4 is 21.8 Å². The van der Waals surface area contributed by atoms with Crippen molar-refractivity contribution in [2.24, 2.45) is 0 Å². The van der Waals surface area contributed by atoms with E-state index in [1.54, 1.807) is 0 Å². The Bertz CT molecular complexity index is 241. The van der Waals surface area contributed by atoms with Crippen molar-refractivity contribution in [2.75, 3.05) is 11.9 Å². The van der Waals surface area contributed by atoms with E-state index in [0.29, 0.717) is 18.3 Å². The van der Waals surface area contributed by atoms with Crippen LogP contribution in [-0.2, 0) is 4.79 Å². The molecule has 0 heterocycles. The van der Waals surface area contributed by atoms with Crippen LogP contribution < -0.4 is 0 Å². The highest BCUT2D eigenvalue weighted by atomic mass is 79.9. The van der Waals surface area contributed by atoms with E-state index < -0.39 is 18.5 Å². The van der Waals surface area contributed by atoms with Gasteiger partial charge in [0.1, 0.15) is 6.42 Å². The summed E-state index contributed by atoms with van der Waals surface area (Å²) in [6, 6.07) is 0.0360. The normalized spacial score (nSPS) is 17.0. The standard InChI is InChI=1S/C10H15BrF3NO/c11-5-2-6-15(8-3-1-4-8)9(16)7-10(12,13)14/h8H,1-7H2. The SMILES string of the molecule is O=C(CC(F)(F)F)N(CCCBr)C1CCC1. The van der Waals surface area contributed by atoms with Crippen LogP contribution in [0.15, 0.2) is 0 Å². The summed E-state index contributed by atoms with van der Waals surface area (Å²) in [6.07, 6.45) is -2.34. The Labute approximate surface area is 101 Å². The fourth-order valence-corrected chi connectivity index (χ4v) is 1.96. The molecule has 0 N–H and O–H groups in total. The van der Waals surface area contributed by atoms with Crippen LogP contribution in [0, 0.1) is 0 Å². The first kappa shape index (κ1) is 13.8. The Morgan fingerprint density at radius 3 is 2.38 bits per heavy atom. The Balaban J connectivity index is 2.50. The Hall–Kier alpha value is -0.260. The molecule has 0 bridgehead atoms. The van der Waals surface area contributed by atoms with Crippen LogP contribution in [0.3, 0.4) is 0 Å². The lowest BCUT2D eigenvalue weighted by Crippen LogP contribution is -2.46. The minimum absolute atomic E-state index is 0.0360. The Morgan fingerprint density at radius 1 is 1.38 bits per heavy atom. The molecule has 16 heavy (non-hydrogen) atoms. The highest BCUT2D eigenvalue weighted by Gasteiger charge is 2.36. The zero-order valence-corrected chi connectivity index (χ0v) is 10.5. The van der Waals surface area contributed by atoms with Crippen LogP contribution in [0.4, 0.5) is 13.2 Å². The van der Waals surface area contributed by atoms with E-state index in [-0.39, 0.29) is 6.04 Å². The van der Waals surface area contributed by atoms with E-state index in [0.717, 1.165) is 19.3 Å². The lowest BCUT2D eigenvalue weighted by Gasteiger charge is -2.37. The molecule has 1 saturated carbocycles. The smallest absolute Gasteiger partial charge is 0.339 e. The molecule has 0 aromatic rings. The first-order chi connectivity index (χ1) is 7.44. The number of hydrogen-bond acceptors (Lipinski definition) is 1. The highest BCUT2D eigenvalue weighted by Crippen LogP contribution is 2.28. The number of hydrogen-bond donors (Lipinski definition) is 0. The molecule has 1 amide bonds. The second kappa shape index (κ2) is 5.89. The van der Waals surface area contributed by atoms with Gasteiger partial charge in [0.15, 0.2) is 0 Å². The molecule has 6 heteroatoms. The summed E-state index contributed by atoms with van der Waals surface area (Å²) in [5.74, 6) is -0.779. The molecule has 1 rings (SSSR count). The number of nitrogens with zero attached hydrogens (tertiary/aromatic N) is 1. The van der Waals surface area contributed by atoms with E-state index in [4.69, 9.17) is 0 Å². The van der Waals surface area contributed by atoms with Gasteiger partial charge in [0, 0.05) is 17.9 Å². The second-order valence-electron chi connectivity index (χ2n) is 4.01. The molecule has 2 nitrogen and oxygen atoms in total. The number of rotatable bonds is 5. The summed E-state index contributed by atoms with van der Waals surface area (Å²) >= 11 is 3.22. The van der Waals surface area contributed by atoms with Crippen LogP contribution in [0.2, 0.25) is 0 Å². The van der Waals surface area contributed by atoms with E-state index in [1.807, 2.05) is 0 Å².